The molecule has 0 aliphatic carbocycles. The Morgan fingerprint density at radius 2 is 0.905 bits per heavy atom. The summed E-state index contributed by atoms with van der Waals surface area (Å²) in [5.74, 6) is -11.1. The van der Waals surface area contributed by atoms with Gasteiger partial charge in [-0.1, -0.05) is 102 Å². The van der Waals surface area contributed by atoms with E-state index in [1.807, 2.05) is 18.2 Å². The molecule has 12 amide bonds. The number of thioether (sulfide) groups is 1. The molecule has 0 bridgehead atoms. The summed E-state index contributed by atoms with van der Waals surface area (Å²) in [6.07, 6.45) is 1.56. The van der Waals surface area contributed by atoms with Crippen LogP contribution in [0.2, 0.25) is 0 Å². The Labute approximate surface area is 493 Å². The molecule has 8 atom stereocenters. The summed E-state index contributed by atoms with van der Waals surface area (Å²) in [4.78, 5) is 169. The summed E-state index contributed by atoms with van der Waals surface area (Å²) in [6, 6.07) is 7.85. The zero-order valence-corrected chi connectivity index (χ0v) is 49.7. The van der Waals surface area contributed by atoms with Crippen molar-refractivity contribution in [3.63, 3.8) is 0 Å². The Kier molecular flexibility index (Phi) is 32.4. The van der Waals surface area contributed by atoms with Gasteiger partial charge >= 0.3 is 5.97 Å². The smallest absolute Gasteiger partial charge is 0.326 e. The van der Waals surface area contributed by atoms with Gasteiger partial charge in [0, 0.05) is 12.8 Å². The number of primary amides is 1. The van der Waals surface area contributed by atoms with E-state index < -0.39 is 157 Å². The van der Waals surface area contributed by atoms with E-state index in [0.717, 1.165) is 5.56 Å². The van der Waals surface area contributed by atoms with Gasteiger partial charge in [0.05, 0.1) is 32.2 Å². The number of nitrogens with two attached hydrogens (primary N) is 2. The summed E-state index contributed by atoms with van der Waals surface area (Å²) >= 11 is 1.38. The Bertz CT molecular complexity index is 2560. The van der Waals surface area contributed by atoms with Crippen molar-refractivity contribution in [3.05, 3.63) is 71.8 Å². The van der Waals surface area contributed by atoms with Gasteiger partial charge in [0.25, 0.3) is 0 Å². The number of benzene rings is 2. The number of carboxylic acid groups (broad SMARTS) is 1. The molecule has 0 spiro atoms. The lowest BCUT2D eigenvalue weighted by atomic mass is 9.98. The quantitative estimate of drug-likeness (QED) is 0.0331. The van der Waals surface area contributed by atoms with Crippen LogP contribution in [-0.4, -0.2) is 168 Å². The molecule has 2 rings (SSSR count). The van der Waals surface area contributed by atoms with Crippen molar-refractivity contribution in [2.45, 2.75) is 142 Å². The van der Waals surface area contributed by atoms with Gasteiger partial charge in [0.1, 0.15) is 42.3 Å². The minimum atomic E-state index is -1.46. The van der Waals surface area contributed by atoms with Gasteiger partial charge in [-0.2, -0.15) is 11.8 Å². The molecule has 2 aromatic rings. The fraction of sp³-hybridized carbons (Fsp3) is 0.554. The lowest BCUT2D eigenvalue weighted by molar-refractivity contribution is -0.142. The molecule has 464 valence electrons. The maximum atomic E-state index is 13.9. The molecule has 0 aromatic heterocycles. The van der Waals surface area contributed by atoms with Gasteiger partial charge < -0.3 is 75.1 Å². The van der Waals surface area contributed by atoms with Crippen LogP contribution in [0.5, 0.6) is 0 Å². The summed E-state index contributed by atoms with van der Waals surface area (Å²) < 4.78 is 0. The van der Waals surface area contributed by atoms with Crippen molar-refractivity contribution >= 4 is 88.6 Å². The highest BCUT2D eigenvalue weighted by Crippen LogP contribution is 2.12. The van der Waals surface area contributed by atoms with Crippen LogP contribution >= 0.6 is 11.8 Å². The van der Waals surface area contributed by atoms with E-state index in [4.69, 9.17) is 11.5 Å². The third-order valence-corrected chi connectivity index (χ3v) is 13.2. The molecule has 16 N–H and O–H groups in total. The van der Waals surface area contributed by atoms with Crippen molar-refractivity contribution in [2.75, 3.05) is 38.2 Å². The molecule has 0 unspecified atom stereocenters. The molecular formula is C56H85N13O14S. The van der Waals surface area contributed by atoms with Crippen molar-refractivity contribution in [3.8, 4) is 0 Å². The zero-order valence-electron chi connectivity index (χ0n) is 48.9. The van der Waals surface area contributed by atoms with E-state index in [-0.39, 0.29) is 56.8 Å². The molecule has 0 aliphatic rings. The minimum absolute atomic E-state index is 0.0694. The fourth-order valence-corrected chi connectivity index (χ4v) is 8.54. The first-order chi connectivity index (χ1) is 39.6. The fourth-order valence-electron chi connectivity index (χ4n) is 8.07. The van der Waals surface area contributed by atoms with Crippen LogP contribution < -0.4 is 70.0 Å². The maximum Gasteiger partial charge on any atom is 0.326 e. The predicted octanol–water partition coefficient (Wildman–Crippen LogP) is -2.47. The van der Waals surface area contributed by atoms with Crippen molar-refractivity contribution in [1.82, 2.24) is 58.5 Å². The highest BCUT2D eigenvalue weighted by atomic mass is 32.2. The number of hydrogen-bond acceptors (Lipinski definition) is 15. The molecule has 27 nitrogen and oxygen atoms in total. The van der Waals surface area contributed by atoms with Crippen LogP contribution in [-0.2, 0) is 75.2 Å². The van der Waals surface area contributed by atoms with E-state index in [2.05, 4.69) is 58.5 Å². The Morgan fingerprint density at radius 1 is 0.464 bits per heavy atom. The van der Waals surface area contributed by atoms with Crippen molar-refractivity contribution in [2.24, 2.45) is 29.2 Å². The normalized spacial score (nSPS) is 13.9. The molecule has 0 saturated carbocycles. The van der Waals surface area contributed by atoms with Gasteiger partial charge in [-0.15, -0.1) is 0 Å². The Balaban J connectivity index is 2.03. The first-order valence-corrected chi connectivity index (χ1v) is 29.0. The van der Waals surface area contributed by atoms with E-state index in [9.17, 15) is 67.4 Å². The monoisotopic (exact) mass is 1200 g/mol. The largest absolute Gasteiger partial charge is 0.480 e. The topological polar surface area (TPSA) is 427 Å². The molecule has 0 fully saturated rings. The van der Waals surface area contributed by atoms with Crippen molar-refractivity contribution in [1.29, 1.82) is 0 Å². The maximum absolute atomic E-state index is 13.9. The minimum Gasteiger partial charge on any atom is -0.480 e. The lowest BCUT2D eigenvalue weighted by Crippen LogP contribution is -2.59. The standard InChI is InChI=1S/C56H85N13O14S/c1-31(2)23-40(51(77)62-27-44(71)59-28-46(73)64-38(19-20-43(58)70)52(78)67-42(26-36-17-13-10-14-18-36)53(79)66-39(56(82)83)21-22-84-8)68-55(81)48(33(5)6)69-54(80)41(24-32(3)4)65-47(74)30-60-49(75)34(7)63-45(72)29-61-50(76)37(57)25-35-15-11-9-12-16-35/h9-18,31-34,37-42,48H,19-30,57H2,1-8H3,(H2,58,70)(H,59,71)(H,60,75)(H,61,76)(H,62,77)(H,63,72)(H,64,73)(H,65,74)(H,66,79)(H,67,78)(H,68,81)(H,69,80)(H,82,83)/t34-,37-,38-,39-,40-,41-,42-,48-/m0/s1. The first-order valence-electron chi connectivity index (χ1n) is 27.6. The summed E-state index contributed by atoms with van der Waals surface area (Å²) in [6.45, 7) is 9.36. The Hall–Kier alpha value is -8.14. The second-order valence-corrected chi connectivity index (χ2v) is 22.2. The van der Waals surface area contributed by atoms with Gasteiger partial charge in [0.15, 0.2) is 0 Å². The second-order valence-electron chi connectivity index (χ2n) is 21.2. The van der Waals surface area contributed by atoms with E-state index in [0.29, 0.717) is 11.3 Å². The van der Waals surface area contributed by atoms with E-state index in [1.54, 1.807) is 90.3 Å². The number of nitrogens with one attached hydrogen (secondary N) is 11. The molecule has 0 aliphatic heterocycles. The van der Waals surface area contributed by atoms with E-state index in [1.165, 1.54) is 18.7 Å². The lowest BCUT2D eigenvalue weighted by Gasteiger charge is -2.28. The third-order valence-electron chi connectivity index (χ3n) is 12.5. The Morgan fingerprint density at radius 3 is 1.43 bits per heavy atom. The third kappa shape index (κ3) is 28.7. The molecule has 0 radical (unpaired) electrons. The average molecular weight is 1200 g/mol. The molecule has 0 heterocycles. The summed E-state index contributed by atoms with van der Waals surface area (Å²) in [5.41, 5.74) is 12.8. The average Bonchev–Trinajstić information content (AvgIpc) is 3.65. The summed E-state index contributed by atoms with van der Waals surface area (Å²) in [5, 5.41) is 37.0. The highest BCUT2D eigenvalue weighted by Gasteiger charge is 2.34. The molecule has 2 aromatic carbocycles. The highest BCUT2D eigenvalue weighted by molar-refractivity contribution is 7.98. The number of rotatable bonds is 38. The van der Waals surface area contributed by atoms with Gasteiger partial charge in [-0.25, -0.2) is 4.79 Å². The van der Waals surface area contributed by atoms with Crippen LogP contribution in [0.4, 0.5) is 0 Å². The van der Waals surface area contributed by atoms with Crippen LogP contribution in [0.1, 0.15) is 91.7 Å². The van der Waals surface area contributed by atoms with Crippen LogP contribution in [0.25, 0.3) is 0 Å². The number of carboxylic acids is 1. The number of carbonyl (C=O) groups excluding carboxylic acids is 12. The molecule has 0 saturated heterocycles. The predicted molar refractivity (Wildman–Crippen MR) is 312 cm³/mol. The molecular weight excluding hydrogens is 1110 g/mol. The van der Waals surface area contributed by atoms with Crippen LogP contribution in [0.15, 0.2) is 60.7 Å². The molecule has 84 heavy (non-hydrogen) atoms. The van der Waals surface area contributed by atoms with Gasteiger partial charge in [-0.05, 0) is 79.9 Å². The number of amides is 12. The number of carbonyl (C=O) groups is 13. The SMILES string of the molecule is CSCC[C@H](NC(=O)[C@H](Cc1ccccc1)NC(=O)[C@H](CCC(N)=O)NC(=O)CNC(=O)CNC(=O)[C@H](CC(C)C)NC(=O)[C@@H](NC(=O)[C@H](CC(C)C)NC(=O)CNC(=O)[C@H](C)NC(=O)CNC(=O)[C@@H](N)Cc1ccccc1)C(C)C)C(=O)O. The van der Waals surface area contributed by atoms with Gasteiger partial charge in [0.2, 0.25) is 70.9 Å². The van der Waals surface area contributed by atoms with Crippen LogP contribution in [0, 0.1) is 17.8 Å². The second kappa shape index (κ2) is 37.9. The number of hydrogen-bond donors (Lipinski definition) is 14. The number of aliphatic carboxylic acids is 1. The van der Waals surface area contributed by atoms with Crippen molar-refractivity contribution < 1.29 is 67.4 Å². The zero-order chi connectivity index (χ0) is 63.1. The van der Waals surface area contributed by atoms with Gasteiger partial charge in [-0.3, -0.25) is 57.5 Å². The van der Waals surface area contributed by atoms with Crippen LogP contribution in [0.3, 0.4) is 0 Å². The summed E-state index contributed by atoms with van der Waals surface area (Å²) in [7, 11) is 0. The molecule has 28 heteroatoms. The van der Waals surface area contributed by atoms with E-state index >= 15 is 0 Å². The first kappa shape index (κ1) is 72.0.